The van der Waals surface area contributed by atoms with Gasteiger partial charge in [-0.25, -0.2) is 8.78 Å². The summed E-state index contributed by atoms with van der Waals surface area (Å²) < 4.78 is 26.6. The highest BCUT2D eigenvalue weighted by molar-refractivity contribution is 4.83. The Bertz CT molecular complexity index is 233. The Morgan fingerprint density at radius 2 is 2.25 bits per heavy atom. The van der Waals surface area contributed by atoms with Gasteiger partial charge in [0, 0.05) is 45.1 Å². The highest BCUT2D eigenvalue weighted by Gasteiger charge is 2.37. The zero-order chi connectivity index (χ0) is 11.6. The van der Waals surface area contributed by atoms with E-state index in [0.29, 0.717) is 12.5 Å². The van der Waals surface area contributed by atoms with Crippen molar-refractivity contribution in [2.45, 2.75) is 44.6 Å². The normalized spacial score (nSPS) is 36.2. The van der Waals surface area contributed by atoms with Crippen LogP contribution in [0.1, 0.15) is 32.6 Å². The molecular formula is C12H22F2N2. The first-order valence-corrected chi connectivity index (χ1v) is 6.39. The number of nitrogens with one attached hydrogen (secondary N) is 1. The summed E-state index contributed by atoms with van der Waals surface area (Å²) in [6.07, 6.45) is 1.87. The van der Waals surface area contributed by atoms with Gasteiger partial charge in [-0.2, -0.15) is 0 Å². The van der Waals surface area contributed by atoms with Crippen molar-refractivity contribution in [2.75, 3.05) is 26.2 Å². The van der Waals surface area contributed by atoms with Crippen LogP contribution in [0.4, 0.5) is 8.78 Å². The highest BCUT2D eigenvalue weighted by Crippen LogP contribution is 2.37. The molecule has 0 aromatic heterocycles. The molecule has 0 aromatic carbocycles. The summed E-state index contributed by atoms with van der Waals surface area (Å²) >= 11 is 0. The first-order valence-electron chi connectivity index (χ1n) is 6.39. The van der Waals surface area contributed by atoms with Crippen LogP contribution >= 0.6 is 0 Å². The van der Waals surface area contributed by atoms with E-state index in [0.717, 1.165) is 32.6 Å². The number of hydrogen-bond acceptors (Lipinski definition) is 2. The van der Waals surface area contributed by atoms with E-state index in [2.05, 4.69) is 17.1 Å². The predicted molar refractivity (Wildman–Crippen MR) is 60.8 cm³/mol. The van der Waals surface area contributed by atoms with Gasteiger partial charge >= 0.3 is 0 Å². The third-order valence-corrected chi connectivity index (χ3v) is 3.87. The van der Waals surface area contributed by atoms with Gasteiger partial charge in [0.15, 0.2) is 0 Å². The predicted octanol–water partition coefficient (Wildman–Crippen LogP) is 2.11. The number of halogens is 2. The number of hydrogen-bond donors (Lipinski definition) is 1. The Balaban J connectivity index is 1.84. The van der Waals surface area contributed by atoms with Crippen LogP contribution in [0.5, 0.6) is 0 Å². The van der Waals surface area contributed by atoms with Crippen LogP contribution in [-0.2, 0) is 0 Å². The molecule has 4 heteroatoms. The molecule has 0 radical (unpaired) electrons. The lowest BCUT2D eigenvalue weighted by atomic mass is 9.86. The van der Waals surface area contributed by atoms with Crippen LogP contribution in [0.2, 0.25) is 0 Å². The highest BCUT2D eigenvalue weighted by atomic mass is 19.3. The lowest BCUT2D eigenvalue weighted by Crippen LogP contribution is -2.51. The fraction of sp³-hybridized carbons (Fsp3) is 1.00. The van der Waals surface area contributed by atoms with Gasteiger partial charge < -0.3 is 5.32 Å². The maximum Gasteiger partial charge on any atom is 0.248 e. The van der Waals surface area contributed by atoms with Crippen molar-refractivity contribution in [1.82, 2.24) is 10.2 Å². The van der Waals surface area contributed by atoms with Gasteiger partial charge in [0.05, 0.1) is 0 Å². The second-order valence-electron chi connectivity index (χ2n) is 5.37. The average Bonchev–Trinajstić information content (AvgIpc) is 2.20. The number of rotatable bonds is 2. The molecule has 1 unspecified atom stereocenters. The zero-order valence-corrected chi connectivity index (χ0v) is 10.0. The number of piperazine rings is 1. The van der Waals surface area contributed by atoms with E-state index in [4.69, 9.17) is 0 Å². The number of alkyl halides is 2. The van der Waals surface area contributed by atoms with Crippen LogP contribution in [-0.4, -0.2) is 43.0 Å². The largest absolute Gasteiger partial charge is 0.314 e. The summed E-state index contributed by atoms with van der Waals surface area (Å²) in [6.45, 7) is 6.02. The summed E-state index contributed by atoms with van der Waals surface area (Å²) in [5.41, 5.74) is 0. The molecule has 1 N–H and O–H groups in total. The molecule has 2 atom stereocenters. The lowest BCUT2D eigenvalue weighted by molar-refractivity contribution is -0.0589. The molecule has 1 saturated heterocycles. The Kier molecular flexibility index (Phi) is 3.80. The van der Waals surface area contributed by atoms with Crippen molar-refractivity contribution in [1.29, 1.82) is 0 Å². The van der Waals surface area contributed by atoms with Gasteiger partial charge in [0.25, 0.3) is 0 Å². The van der Waals surface area contributed by atoms with Crippen LogP contribution in [0, 0.1) is 5.92 Å². The molecule has 1 aliphatic carbocycles. The molecule has 0 bridgehead atoms. The molecule has 1 aliphatic heterocycles. The monoisotopic (exact) mass is 232 g/mol. The van der Waals surface area contributed by atoms with E-state index in [1.807, 2.05) is 0 Å². The maximum absolute atomic E-state index is 13.3. The molecule has 1 heterocycles. The zero-order valence-electron chi connectivity index (χ0n) is 10.0. The molecule has 2 fully saturated rings. The second kappa shape index (κ2) is 4.96. The van der Waals surface area contributed by atoms with Crippen molar-refractivity contribution in [3.05, 3.63) is 0 Å². The Labute approximate surface area is 96.4 Å². The van der Waals surface area contributed by atoms with Gasteiger partial charge in [-0.15, -0.1) is 0 Å². The van der Waals surface area contributed by atoms with Crippen molar-refractivity contribution in [3.63, 3.8) is 0 Å². The Morgan fingerprint density at radius 3 is 2.94 bits per heavy atom. The molecule has 94 valence electrons. The van der Waals surface area contributed by atoms with Crippen LogP contribution in [0.15, 0.2) is 0 Å². The van der Waals surface area contributed by atoms with Crippen LogP contribution in [0.25, 0.3) is 0 Å². The van der Waals surface area contributed by atoms with Crippen LogP contribution in [0.3, 0.4) is 0 Å². The average molecular weight is 232 g/mol. The molecule has 2 aliphatic rings. The summed E-state index contributed by atoms with van der Waals surface area (Å²) in [5.74, 6) is -2.20. The first-order chi connectivity index (χ1) is 7.57. The van der Waals surface area contributed by atoms with Gasteiger partial charge in [0.2, 0.25) is 5.92 Å². The van der Waals surface area contributed by atoms with Crippen molar-refractivity contribution in [2.24, 2.45) is 5.92 Å². The Morgan fingerprint density at radius 1 is 1.44 bits per heavy atom. The quantitative estimate of drug-likeness (QED) is 0.784. The van der Waals surface area contributed by atoms with Gasteiger partial charge in [-0.3, -0.25) is 4.90 Å². The van der Waals surface area contributed by atoms with Gasteiger partial charge in [0.1, 0.15) is 0 Å². The standard InChI is InChI=1S/C12H22F2N2/c1-10-8-15-5-6-16(10)9-11-3-2-4-12(13,14)7-11/h10-11,15H,2-9H2,1H3/t10-,11?/m0/s1. The van der Waals surface area contributed by atoms with E-state index >= 15 is 0 Å². The molecule has 1 saturated carbocycles. The van der Waals surface area contributed by atoms with E-state index in [-0.39, 0.29) is 18.8 Å². The molecule has 0 amide bonds. The summed E-state index contributed by atoms with van der Waals surface area (Å²) in [6, 6.07) is 0.490. The summed E-state index contributed by atoms with van der Waals surface area (Å²) in [4.78, 5) is 2.36. The third-order valence-electron chi connectivity index (χ3n) is 3.87. The van der Waals surface area contributed by atoms with Crippen molar-refractivity contribution >= 4 is 0 Å². The van der Waals surface area contributed by atoms with E-state index < -0.39 is 5.92 Å². The lowest BCUT2D eigenvalue weighted by Gasteiger charge is -2.38. The SMILES string of the molecule is C[C@H]1CNCCN1CC1CCCC(F)(F)C1. The molecule has 0 aromatic rings. The Hall–Kier alpha value is -0.220. The van der Waals surface area contributed by atoms with Gasteiger partial charge in [-0.1, -0.05) is 0 Å². The number of nitrogens with zero attached hydrogens (tertiary/aromatic N) is 1. The minimum Gasteiger partial charge on any atom is -0.314 e. The van der Waals surface area contributed by atoms with E-state index in [1.54, 1.807) is 0 Å². The fourth-order valence-electron chi connectivity index (χ4n) is 2.92. The molecule has 16 heavy (non-hydrogen) atoms. The molecule has 2 nitrogen and oxygen atoms in total. The summed E-state index contributed by atoms with van der Waals surface area (Å²) in [7, 11) is 0. The second-order valence-corrected chi connectivity index (χ2v) is 5.37. The third kappa shape index (κ3) is 3.14. The topological polar surface area (TPSA) is 15.3 Å². The van der Waals surface area contributed by atoms with Gasteiger partial charge in [-0.05, 0) is 25.7 Å². The smallest absolute Gasteiger partial charge is 0.248 e. The maximum atomic E-state index is 13.3. The summed E-state index contributed by atoms with van der Waals surface area (Å²) in [5, 5.41) is 3.33. The minimum atomic E-state index is -2.40. The fourth-order valence-corrected chi connectivity index (χ4v) is 2.92. The van der Waals surface area contributed by atoms with E-state index in [1.165, 1.54) is 0 Å². The minimum absolute atomic E-state index is 0.0978. The molecule has 0 spiro atoms. The van der Waals surface area contributed by atoms with E-state index in [9.17, 15) is 8.78 Å². The van der Waals surface area contributed by atoms with Crippen LogP contribution < -0.4 is 5.32 Å². The molecular weight excluding hydrogens is 210 g/mol. The van der Waals surface area contributed by atoms with Crippen molar-refractivity contribution in [3.8, 4) is 0 Å². The first kappa shape index (κ1) is 12.2. The van der Waals surface area contributed by atoms with Crippen molar-refractivity contribution < 1.29 is 8.78 Å². The molecule has 2 rings (SSSR count).